The van der Waals surface area contributed by atoms with Gasteiger partial charge in [0.1, 0.15) is 0 Å². The minimum absolute atomic E-state index is 0.260. The first-order chi connectivity index (χ1) is 5.58. The van der Waals surface area contributed by atoms with E-state index in [-0.39, 0.29) is 5.41 Å². The lowest BCUT2D eigenvalue weighted by molar-refractivity contribution is 0.547. The molecule has 0 aliphatic heterocycles. The van der Waals surface area contributed by atoms with Gasteiger partial charge in [0.15, 0.2) is 0 Å². The molecule has 0 atom stereocenters. The van der Waals surface area contributed by atoms with Gasteiger partial charge in [-0.3, -0.25) is 0 Å². The molecule has 0 spiro atoms. The predicted molar refractivity (Wildman–Crippen MR) is 53.8 cm³/mol. The second kappa shape index (κ2) is 3.57. The quantitative estimate of drug-likeness (QED) is 0.588. The molecule has 63 valence electrons. The van der Waals surface area contributed by atoms with Gasteiger partial charge in [-0.25, -0.2) is 0 Å². The topological polar surface area (TPSA) is 0 Å². The van der Waals surface area contributed by atoms with E-state index in [4.69, 9.17) is 0 Å². The van der Waals surface area contributed by atoms with Gasteiger partial charge in [0, 0.05) is 0 Å². The summed E-state index contributed by atoms with van der Waals surface area (Å²) in [7, 11) is 0. The summed E-state index contributed by atoms with van der Waals surface area (Å²) in [6.45, 7) is 6.57. The first-order valence-corrected chi connectivity index (χ1v) is 4.23. The second-order valence-corrected chi connectivity index (χ2v) is 4.04. The molecule has 1 rings (SSSR count). The smallest absolute Gasteiger partial charge is 0.0178 e. The standard InChI is InChI=1S/C12H15/c1-12(2,3)10-9-11-7-5-4-6-8-11/h4-5,7-10H,1-3H3/b10-9-. The molecule has 0 fully saturated rings. The van der Waals surface area contributed by atoms with Gasteiger partial charge in [-0.05, 0) is 23.1 Å². The van der Waals surface area contributed by atoms with E-state index in [1.165, 1.54) is 5.56 Å². The summed E-state index contributed by atoms with van der Waals surface area (Å²) in [5, 5.41) is 0. The fourth-order valence-electron chi connectivity index (χ4n) is 0.857. The van der Waals surface area contributed by atoms with Crippen LogP contribution in [0.1, 0.15) is 26.3 Å². The van der Waals surface area contributed by atoms with E-state index in [9.17, 15) is 0 Å². The van der Waals surface area contributed by atoms with Gasteiger partial charge in [-0.15, -0.1) is 0 Å². The molecule has 12 heavy (non-hydrogen) atoms. The van der Waals surface area contributed by atoms with Gasteiger partial charge in [-0.2, -0.15) is 0 Å². The van der Waals surface area contributed by atoms with E-state index in [1.807, 2.05) is 18.2 Å². The molecule has 0 heterocycles. The van der Waals surface area contributed by atoms with Crippen LogP contribution in [0.4, 0.5) is 0 Å². The highest BCUT2D eigenvalue weighted by atomic mass is 14.1. The maximum atomic E-state index is 3.05. The van der Waals surface area contributed by atoms with Crippen molar-refractivity contribution in [1.29, 1.82) is 0 Å². The second-order valence-electron chi connectivity index (χ2n) is 4.04. The molecular weight excluding hydrogens is 144 g/mol. The molecule has 0 amide bonds. The number of allylic oxidation sites excluding steroid dienone is 1. The van der Waals surface area contributed by atoms with Crippen molar-refractivity contribution in [3.05, 3.63) is 42.0 Å². The molecule has 1 aromatic carbocycles. The SMILES string of the molecule is CC(C)(C)/C=C\c1c[c]ccc1. The van der Waals surface area contributed by atoms with Crippen molar-refractivity contribution in [3.63, 3.8) is 0 Å². The summed E-state index contributed by atoms with van der Waals surface area (Å²) in [4.78, 5) is 0. The molecule has 0 nitrogen and oxygen atoms in total. The Kier molecular flexibility index (Phi) is 2.69. The maximum absolute atomic E-state index is 3.05. The van der Waals surface area contributed by atoms with Crippen molar-refractivity contribution in [2.45, 2.75) is 20.8 Å². The summed E-state index contributed by atoms with van der Waals surface area (Å²) in [5.74, 6) is 0. The van der Waals surface area contributed by atoms with Gasteiger partial charge in [-0.1, -0.05) is 51.1 Å². The Morgan fingerprint density at radius 1 is 1.33 bits per heavy atom. The van der Waals surface area contributed by atoms with Crippen LogP contribution in [0.5, 0.6) is 0 Å². The molecule has 1 aromatic rings. The molecule has 0 saturated heterocycles. The van der Waals surface area contributed by atoms with Crippen LogP contribution in [0.15, 0.2) is 30.3 Å². The molecule has 0 saturated carbocycles. The maximum Gasteiger partial charge on any atom is -0.0178 e. The van der Waals surface area contributed by atoms with Crippen molar-refractivity contribution in [2.24, 2.45) is 5.41 Å². The highest BCUT2D eigenvalue weighted by Crippen LogP contribution is 2.16. The van der Waals surface area contributed by atoms with E-state index in [2.05, 4.69) is 45.1 Å². The summed E-state index contributed by atoms with van der Waals surface area (Å²) in [6, 6.07) is 11.0. The van der Waals surface area contributed by atoms with Gasteiger partial charge in [0.25, 0.3) is 0 Å². The molecule has 0 heteroatoms. The lowest BCUT2D eigenvalue weighted by Crippen LogP contribution is -1.97. The first kappa shape index (κ1) is 9.05. The molecule has 0 unspecified atom stereocenters. The van der Waals surface area contributed by atoms with Crippen LogP contribution >= 0.6 is 0 Å². The Hall–Kier alpha value is -1.04. The van der Waals surface area contributed by atoms with Crippen LogP contribution in [0.3, 0.4) is 0 Å². The zero-order chi connectivity index (χ0) is 9.03. The number of hydrogen-bond donors (Lipinski definition) is 0. The van der Waals surface area contributed by atoms with Crippen LogP contribution in [-0.2, 0) is 0 Å². The fraction of sp³-hybridized carbons (Fsp3) is 0.333. The lowest BCUT2D eigenvalue weighted by atomic mass is 9.95. The third-order valence-corrected chi connectivity index (χ3v) is 1.51. The molecule has 0 aromatic heterocycles. The minimum atomic E-state index is 0.260. The Bertz CT molecular complexity index is 249. The Morgan fingerprint density at radius 3 is 2.58 bits per heavy atom. The number of hydrogen-bond acceptors (Lipinski definition) is 0. The van der Waals surface area contributed by atoms with Gasteiger partial charge in [0.2, 0.25) is 0 Å². The van der Waals surface area contributed by atoms with Crippen molar-refractivity contribution in [1.82, 2.24) is 0 Å². The van der Waals surface area contributed by atoms with Crippen LogP contribution < -0.4 is 0 Å². The van der Waals surface area contributed by atoms with Crippen LogP contribution in [0, 0.1) is 11.5 Å². The summed E-state index contributed by atoms with van der Waals surface area (Å²) >= 11 is 0. The van der Waals surface area contributed by atoms with E-state index >= 15 is 0 Å². The zero-order valence-corrected chi connectivity index (χ0v) is 7.96. The lowest BCUT2D eigenvalue weighted by Gasteiger charge is -2.10. The van der Waals surface area contributed by atoms with Crippen molar-refractivity contribution >= 4 is 6.08 Å². The van der Waals surface area contributed by atoms with Crippen molar-refractivity contribution in [3.8, 4) is 0 Å². The van der Waals surface area contributed by atoms with Gasteiger partial charge in [0.05, 0.1) is 0 Å². The van der Waals surface area contributed by atoms with E-state index in [0.29, 0.717) is 0 Å². The highest BCUT2D eigenvalue weighted by Gasteiger charge is 2.02. The number of benzene rings is 1. The third-order valence-electron chi connectivity index (χ3n) is 1.51. The molecule has 1 radical (unpaired) electrons. The monoisotopic (exact) mass is 159 g/mol. The summed E-state index contributed by atoms with van der Waals surface area (Å²) < 4.78 is 0. The normalized spacial score (nSPS) is 12.2. The zero-order valence-electron chi connectivity index (χ0n) is 7.96. The van der Waals surface area contributed by atoms with E-state index in [1.54, 1.807) is 0 Å². The highest BCUT2D eigenvalue weighted by molar-refractivity contribution is 5.49. The third kappa shape index (κ3) is 3.38. The summed E-state index contributed by atoms with van der Waals surface area (Å²) in [6.07, 6.45) is 4.34. The molecule has 0 bridgehead atoms. The molecule has 0 aliphatic carbocycles. The summed E-state index contributed by atoms with van der Waals surface area (Å²) in [5.41, 5.74) is 1.47. The van der Waals surface area contributed by atoms with Crippen molar-refractivity contribution in [2.75, 3.05) is 0 Å². The van der Waals surface area contributed by atoms with Crippen LogP contribution in [0.2, 0.25) is 0 Å². The van der Waals surface area contributed by atoms with Crippen molar-refractivity contribution < 1.29 is 0 Å². The van der Waals surface area contributed by atoms with E-state index < -0.39 is 0 Å². The first-order valence-electron chi connectivity index (χ1n) is 4.23. The average Bonchev–Trinajstić information content (AvgIpc) is 2.02. The van der Waals surface area contributed by atoms with E-state index in [0.717, 1.165) is 0 Å². The average molecular weight is 159 g/mol. The fourth-order valence-corrected chi connectivity index (χ4v) is 0.857. The molecular formula is C12H15. The van der Waals surface area contributed by atoms with Gasteiger partial charge >= 0.3 is 0 Å². The largest absolute Gasteiger partial charge is 0.0785 e. The Balaban J connectivity index is 2.71. The van der Waals surface area contributed by atoms with Gasteiger partial charge < -0.3 is 0 Å². The van der Waals surface area contributed by atoms with Crippen LogP contribution in [0.25, 0.3) is 6.08 Å². The molecule has 0 aliphatic rings. The Morgan fingerprint density at radius 2 is 2.08 bits per heavy atom. The minimum Gasteiger partial charge on any atom is -0.0785 e. The Labute approximate surface area is 74.9 Å². The number of rotatable bonds is 1. The predicted octanol–water partition coefficient (Wildman–Crippen LogP) is 3.55. The van der Waals surface area contributed by atoms with Crippen LogP contribution in [-0.4, -0.2) is 0 Å². The molecule has 0 N–H and O–H groups in total.